The van der Waals surface area contributed by atoms with Gasteiger partial charge in [-0.05, 0) is 11.6 Å². The van der Waals surface area contributed by atoms with Crippen molar-refractivity contribution in [1.82, 2.24) is 24.8 Å². The first-order valence-electron chi connectivity index (χ1n) is 7.12. The highest BCUT2D eigenvalue weighted by Crippen LogP contribution is 2.23. The van der Waals surface area contributed by atoms with Crippen LogP contribution >= 0.6 is 0 Å². The van der Waals surface area contributed by atoms with Crippen LogP contribution in [0.15, 0.2) is 43.1 Å². The van der Waals surface area contributed by atoms with Gasteiger partial charge in [0.2, 0.25) is 0 Å². The van der Waals surface area contributed by atoms with Gasteiger partial charge in [-0.1, -0.05) is 18.2 Å². The van der Waals surface area contributed by atoms with E-state index in [0.717, 1.165) is 17.7 Å². The Kier molecular flexibility index (Phi) is 4.57. The number of benzene rings is 1. The van der Waals surface area contributed by atoms with Gasteiger partial charge in [0.25, 0.3) is 0 Å². The van der Waals surface area contributed by atoms with Gasteiger partial charge in [-0.3, -0.25) is 5.32 Å². The maximum Gasteiger partial charge on any atom is 0.164 e. The molecule has 7 nitrogen and oxygen atoms in total. The molecular formula is C15H18N6O. The van der Waals surface area contributed by atoms with Crippen LogP contribution in [0, 0.1) is 0 Å². The summed E-state index contributed by atoms with van der Waals surface area (Å²) in [5, 5.41) is 14.8. The molecule has 0 fully saturated rings. The fourth-order valence-corrected chi connectivity index (χ4v) is 2.14. The second-order valence-electron chi connectivity index (χ2n) is 4.84. The lowest BCUT2D eigenvalue weighted by Crippen LogP contribution is -2.21. The number of hydrogen-bond acceptors (Lipinski definition) is 6. The van der Waals surface area contributed by atoms with Gasteiger partial charge in [-0.15, -0.1) is 0 Å². The molecule has 0 unspecified atom stereocenters. The molecule has 114 valence electrons. The highest BCUT2D eigenvalue weighted by atomic mass is 16.3. The minimum Gasteiger partial charge on any atom is -0.395 e. The summed E-state index contributed by atoms with van der Waals surface area (Å²) in [7, 11) is 0. The van der Waals surface area contributed by atoms with E-state index in [1.54, 1.807) is 12.5 Å². The summed E-state index contributed by atoms with van der Waals surface area (Å²) < 4.78 is 1.87. The van der Waals surface area contributed by atoms with E-state index < -0.39 is 0 Å². The number of aliphatic hydroxyl groups excluding tert-OH is 1. The van der Waals surface area contributed by atoms with E-state index in [1.165, 1.54) is 17.6 Å². The topological polar surface area (TPSA) is 87.9 Å². The molecule has 0 aliphatic carbocycles. The minimum absolute atomic E-state index is 0.127. The van der Waals surface area contributed by atoms with Crippen molar-refractivity contribution in [3.8, 4) is 0 Å². The van der Waals surface area contributed by atoms with Crippen molar-refractivity contribution >= 4 is 16.9 Å². The summed E-state index contributed by atoms with van der Waals surface area (Å²) in [6, 6.07) is 8.36. The molecule has 4 rings (SSSR count). The summed E-state index contributed by atoms with van der Waals surface area (Å²) >= 11 is 0. The predicted molar refractivity (Wildman–Crippen MR) is 84.2 cm³/mol. The number of hydrogen-bond donors (Lipinski definition) is 3. The average molecular weight is 298 g/mol. The monoisotopic (exact) mass is 298 g/mol. The van der Waals surface area contributed by atoms with E-state index in [4.69, 9.17) is 5.11 Å². The number of aromatic nitrogens is 4. The zero-order valence-corrected chi connectivity index (χ0v) is 12.1. The fraction of sp³-hybridized carbons (Fsp3) is 0.267. The Morgan fingerprint density at radius 1 is 1.27 bits per heavy atom. The molecule has 3 aromatic rings. The Bertz CT molecular complexity index is 718. The molecule has 3 heterocycles. The van der Waals surface area contributed by atoms with Gasteiger partial charge in [0.05, 0.1) is 25.8 Å². The SMILES string of the molecule is OCCNCn1cnc2cncnc21.c1ccc2c(c1)CN2. The van der Waals surface area contributed by atoms with E-state index in [1.807, 2.05) is 10.6 Å². The standard InChI is InChI=1S/C8H11N5O.C7H7N/c14-2-1-9-5-13-6-12-7-3-10-4-11-8(7)13;1-2-4-7-6(3-1)5-8-7/h3-4,6,9,14H,1-2,5H2;1-4,8H,5H2. The second-order valence-corrected chi connectivity index (χ2v) is 4.84. The summed E-state index contributed by atoms with van der Waals surface area (Å²) in [6.07, 6.45) is 4.86. The number of para-hydroxylation sites is 1. The molecule has 3 N–H and O–H groups in total. The Labute approximate surface area is 128 Å². The highest BCUT2D eigenvalue weighted by Gasteiger charge is 2.07. The van der Waals surface area contributed by atoms with E-state index in [9.17, 15) is 0 Å². The van der Waals surface area contributed by atoms with Crippen LogP contribution in [0.3, 0.4) is 0 Å². The predicted octanol–water partition coefficient (Wildman–Crippen LogP) is 0.978. The molecule has 7 heteroatoms. The lowest BCUT2D eigenvalue weighted by Gasteiger charge is -2.19. The second kappa shape index (κ2) is 6.97. The fourth-order valence-electron chi connectivity index (χ4n) is 2.14. The highest BCUT2D eigenvalue weighted by molar-refractivity contribution is 5.68. The van der Waals surface area contributed by atoms with Crippen LogP contribution in [0.1, 0.15) is 5.56 Å². The Morgan fingerprint density at radius 3 is 2.86 bits per heavy atom. The van der Waals surface area contributed by atoms with Crippen molar-refractivity contribution in [2.45, 2.75) is 13.2 Å². The molecule has 2 aromatic heterocycles. The lowest BCUT2D eigenvalue weighted by atomic mass is 10.1. The molecule has 1 aliphatic heterocycles. The number of aliphatic hydroxyl groups is 1. The maximum absolute atomic E-state index is 8.60. The molecule has 0 saturated carbocycles. The lowest BCUT2D eigenvalue weighted by molar-refractivity contribution is 0.287. The normalized spacial score (nSPS) is 11.9. The van der Waals surface area contributed by atoms with Crippen LogP contribution < -0.4 is 10.6 Å². The van der Waals surface area contributed by atoms with Crippen LogP contribution in [0.4, 0.5) is 5.69 Å². The molecule has 0 saturated heterocycles. The third-order valence-electron chi connectivity index (χ3n) is 3.34. The third kappa shape index (κ3) is 3.21. The summed E-state index contributed by atoms with van der Waals surface area (Å²) in [4.78, 5) is 12.1. The van der Waals surface area contributed by atoms with Crippen molar-refractivity contribution < 1.29 is 5.11 Å². The molecule has 1 aliphatic rings. The van der Waals surface area contributed by atoms with Gasteiger partial charge in [-0.25, -0.2) is 15.0 Å². The van der Waals surface area contributed by atoms with Crippen LogP contribution in [-0.4, -0.2) is 37.8 Å². The third-order valence-corrected chi connectivity index (χ3v) is 3.34. The first kappa shape index (κ1) is 14.4. The molecular weight excluding hydrogens is 280 g/mol. The molecule has 0 radical (unpaired) electrons. The van der Waals surface area contributed by atoms with Crippen molar-refractivity contribution in [3.05, 3.63) is 48.7 Å². The van der Waals surface area contributed by atoms with Crippen LogP contribution in [0.2, 0.25) is 0 Å². The molecule has 0 amide bonds. The molecule has 0 bridgehead atoms. The number of anilines is 1. The minimum atomic E-state index is 0.127. The van der Waals surface area contributed by atoms with Crippen molar-refractivity contribution in [1.29, 1.82) is 0 Å². The van der Waals surface area contributed by atoms with E-state index in [-0.39, 0.29) is 6.61 Å². The number of nitrogens with one attached hydrogen (secondary N) is 2. The van der Waals surface area contributed by atoms with Crippen molar-refractivity contribution in [2.24, 2.45) is 0 Å². The molecule has 0 atom stereocenters. The quantitative estimate of drug-likeness (QED) is 0.622. The zero-order chi connectivity index (χ0) is 15.2. The van der Waals surface area contributed by atoms with Gasteiger partial charge >= 0.3 is 0 Å². The van der Waals surface area contributed by atoms with Crippen LogP contribution in [-0.2, 0) is 13.2 Å². The smallest absolute Gasteiger partial charge is 0.164 e. The summed E-state index contributed by atoms with van der Waals surface area (Å²) in [6.45, 7) is 2.33. The number of nitrogens with zero attached hydrogens (tertiary/aromatic N) is 4. The van der Waals surface area contributed by atoms with Gasteiger partial charge in [-0.2, -0.15) is 0 Å². The van der Waals surface area contributed by atoms with Gasteiger partial charge in [0.1, 0.15) is 11.8 Å². The van der Waals surface area contributed by atoms with E-state index in [2.05, 4.69) is 43.8 Å². The first-order chi connectivity index (χ1) is 10.9. The summed E-state index contributed by atoms with van der Waals surface area (Å²) in [5.74, 6) is 0. The van der Waals surface area contributed by atoms with Crippen LogP contribution in [0.25, 0.3) is 11.2 Å². The van der Waals surface area contributed by atoms with Crippen molar-refractivity contribution in [3.63, 3.8) is 0 Å². The first-order valence-corrected chi connectivity index (χ1v) is 7.12. The largest absolute Gasteiger partial charge is 0.395 e. The van der Waals surface area contributed by atoms with Gasteiger partial charge in [0, 0.05) is 18.8 Å². The number of fused-ring (bicyclic) bond motifs is 2. The molecule has 1 aromatic carbocycles. The van der Waals surface area contributed by atoms with E-state index >= 15 is 0 Å². The maximum atomic E-state index is 8.60. The van der Waals surface area contributed by atoms with Gasteiger partial charge < -0.3 is 15.0 Å². The molecule has 22 heavy (non-hydrogen) atoms. The Hall–Kier alpha value is -2.51. The Morgan fingerprint density at radius 2 is 2.18 bits per heavy atom. The average Bonchev–Trinajstić information content (AvgIpc) is 2.93. The Balaban J connectivity index is 0.000000151. The number of rotatable bonds is 4. The summed E-state index contributed by atoms with van der Waals surface area (Å²) in [5.41, 5.74) is 4.31. The van der Waals surface area contributed by atoms with Gasteiger partial charge in [0.15, 0.2) is 5.65 Å². The number of imidazole rings is 1. The zero-order valence-electron chi connectivity index (χ0n) is 12.1. The molecule has 0 spiro atoms. The van der Waals surface area contributed by atoms with E-state index in [0.29, 0.717) is 13.2 Å². The van der Waals surface area contributed by atoms with Crippen molar-refractivity contribution in [2.75, 3.05) is 18.5 Å². The van der Waals surface area contributed by atoms with Crippen LogP contribution in [0.5, 0.6) is 0 Å².